The van der Waals surface area contributed by atoms with Crippen LogP contribution in [-0.4, -0.2) is 34.1 Å². The summed E-state index contributed by atoms with van der Waals surface area (Å²) in [4.78, 5) is 13.8. The zero-order valence-corrected chi connectivity index (χ0v) is 10.3. The number of hydrogen-bond donors (Lipinski definition) is 1. The molecule has 1 fully saturated rings. The molecule has 0 radical (unpaired) electrons. The zero-order valence-electron chi connectivity index (χ0n) is 10.3. The van der Waals surface area contributed by atoms with Gasteiger partial charge in [-0.15, -0.1) is 0 Å². The molecule has 1 aliphatic rings. The van der Waals surface area contributed by atoms with Crippen LogP contribution in [0.1, 0.15) is 47.0 Å². The van der Waals surface area contributed by atoms with Gasteiger partial charge in [0.2, 0.25) is 5.91 Å². The van der Waals surface area contributed by atoms with Gasteiger partial charge in [-0.3, -0.25) is 4.79 Å². The van der Waals surface area contributed by atoms with Crippen molar-refractivity contribution in [2.24, 2.45) is 5.92 Å². The first-order chi connectivity index (χ1) is 6.85. The molecule has 1 saturated heterocycles. The number of hydrogen-bond acceptors (Lipinski definition) is 2. The van der Waals surface area contributed by atoms with E-state index in [1.807, 2.05) is 32.6 Å². The van der Waals surface area contributed by atoms with Crippen LogP contribution < -0.4 is 0 Å². The Kier molecular flexibility index (Phi) is 3.77. The van der Waals surface area contributed by atoms with Crippen molar-refractivity contribution < 1.29 is 9.90 Å². The van der Waals surface area contributed by atoms with Crippen molar-refractivity contribution in [3.63, 3.8) is 0 Å². The fraction of sp³-hybridized carbons (Fsp3) is 0.917. The first-order valence-corrected chi connectivity index (χ1v) is 5.84. The Morgan fingerprint density at radius 3 is 2.67 bits per heavy atom. The second-order valence-corrected chi connectivity index (χ2v) is 5.46. The zero-order chi connectivity index (χ0) is 11.6. The molecule has 0 aliphatic carbocycles. The van der Waals surface area contributed by atoms with Crippen LogP contribution in [0.5, 0.6) is 0 Å². The van der Waals surface area contributed by atoms with Crippen molar-refractivity contribution in [1.29, 1.82) is 0 Å². The van der Waals surface area contributed by atoms with Crippen LogP contribution in [0.4, 0.5) is 0 Å². The lowest BCUT2D eigenvalue weighted by atomic mass is 9.86. The van der Waals surface area contributed by atoms with Crippen molar-refractivity contribution in [2.45, 2.75) is 58.6 Å². The van der Waals surface area contributed by atoms with E-state index in [1.165, 1.54) is 0 Å². The highest BCUT2D eigenvalue weighted by Crippen LogP contribution is 2.28. The van der Waals surface area contributed by atoms with Gasteiger partial charge >= 0.3 is 0 Å². The highest BCUT2D eigenvalue weighted by atomic mass is 16.3. The number of rotatable bonds is 2. The minimum Gasteiger partial charge on any atom is -0.391 e. The van der Waals surface area contributed by atoms with Gasteiger partial charge in [0.05, 0.1) is 11.6 Å². The summed E-state index contributed by atoms with van der Waals surface area (Å²) in [6.07, 6.45) is 1.91. The SMILES string of the molecule is CC(C)CC(=O)N1CCCC(O)C1(C)C. The topological polar surface area (TPSA) is 40.5 Å². The van der Waals surface area contributed by atoms with E-state index in [4.69, 9.17) is 0 Å². The minimum atomic E-state index is -0.399. The van der Waals surface area contributed by atoms with E-state index >= 15 is 0 Å². The van der Waals surface area contributed by atoms with Gasteiger partial charge in [-0.05, 0) is 32.6 Å². The molecule has 0 saturated carbocycles. The first-order valence-electron chi connectivity index (χ1n) is 5.84. The average Bonchev–Trinajstić information content (AvgIpc) is 2.08. The molecule has 0 bridgehead atoms. The van der Waals surface area contributed by atoms with Gasteiger partial charge in [0.25, 0.3) is 0 Å². The molecular weight excluding hydrogens is 190 g/mol. The molecule has 0 aromatic rings. The highest BCUT2D eigenvalue weighted by Gasteiger charge is 2.39. The number of nitrogens with zero attached hydrogens (tertiary/aromatic N) is 1. The van der Waals surface area contributed by atoms with Gasteiger partial charge in [-0.25, -0.2) is 0 Å². The summed E-state index contributed by atoms with van der Waals surface area (Å²) in [6, 6.07) is 0. The maximum atomic E-state index is 12.0. The summed E-state index contributed by atoms with van der Waals surface area (Å²) in [5.74, 6) is 0.557. The van der Waals surface area contributed by atoms with Gasteiger partial charge in [-0.2, -0.15) is 0 Å². The van der Waals surface area contributed by atoms with E-state index < -0.39 is 5.54 Å². The Labute approximate surface area is 92.5 Å². The number of amides is 1. The van der Waals surface area contributed by atoms with Crippen LogP contribution in [0.3, 0.4) is 0 Å². The lowest BCUT2D eigenvalue weighted by molar-refractivity contribution is -0.146. The van der Waals surface area contributed by atoms with Crippen molar-refractivity contribution in [1.82, 2.24) is 4.90 Å². The number of aliphatic hydroxyl groups is 1. The molecule has 1 atom stereocenters. The van der Waals surface area contributed by atoms with E-state index in [0.29, 0.717) is 12.3 Å². The summed E-state index contributed by atoms with van der Waals surface area (Å²) in [6.45, 7) is 8.79. The van der Waals surface area contributed by atoms with Crippen molar-refractivity contribution in [3.8, 4) is 0 Å². The summed E-state index contributed by atoms with van der Waals surface area (Å²) in [7, 11) is 0. The first kappa shape index (κ1) is 12.5. The van der Waals surface area contributed by atoms with Crippen LogP contribution >= 0.6 is 0 Å². The van der Waals surface area contributed by atoms with E-state index in [-0.39, 0.29) is 12.0 Å². The monoisotopic (exact) mass is 213 g/mol. The van der Waals surface area contributed by atoms with Crippen LogP contribution in [0, 0.1) is 5.92 Å². The van der Waals surface area contributed by atoms with E-state index in [0.717, 1.165) is 19.4 Å². The van der Waals surface area contributed by atoms with Gasteiger partial charge in [-0.1, -0.05) is 13.8 Å². The summed E-state index contributed by atoms with van der Waals surface area (Å²) in [5.41, 5.74) is -0.399. The molecule has 1 aliphatic heterocycles. The van der Waals surface area contributed by atoms with Crippen LogP contribution in [0.15, 0.2) is 0 Å². The molecule has 0 aromatic heterocycles. The van der Waals surface area contributed by atoms with Gasteiger partial charge < -0.3 is 10.0 Å². The third kappa shape index (κ3) is 2.71. The lowest BCUT2D eigenvalue weighted by Crippen LogP contribution is -2.58. The van der Waals surface area contributed by atoms with Crippen LogP contribution in [0.25, 0.3) is 0 Å². The van der Waals surface area contributed by atoms with Gasteiger partial charge in [0.15, 0.2) is 0 Å². The average molecular weight is 213 g/mol. The predicted octanol–water partition coefficient (Wildman–Crippen LogP) is 1.79. The van der Waals surface area contributed by atoms with Crippen LogP contribution in [-0.2, 0) is 4.79 Å². The fourth-order valence-corrected chi connectivity index (χ4v) is 2.17. The fourth-order valence-electron chi connectivity index (χ4n) is 2.17. The molecule has 0 aromatic carbocycles. The number of carbonyl (C=O) groups is 1. The van der Waals surface area contributed by atoms with Crippen molar-refractivity contribution >= 4 is 5.91 Å². The Morgan fingerprint density at radius 1 is 1.53 bits per heavy atom. The Morgan fingerprint density at radius 2 is 2.13 bits per heavy atom. The Balaban J connectivity index is 2.71. The molecule has 1 N–H and O–H groups in total. The van der Waals surface area contributed by atoms with Crippen molar-refractivity contribution in [2.75, 3.05) is 6.54 Å². The molecule has 1 rings (SSSR count). The summed E-state index contributed by atoms with van der Waals surface area (Å²) in [5, 5.41) is 9.90. The molecule has 0 spiro atoms. The standard InChI is InChI=1S/C12H23NO2/c1-9(2)8-11(15)13-7-5-6-10(14)12(13,3)4/h9-10,14H,5-8H2,1-4H3. The number of carbonyl (C=O) groups excluding carboxylic acids is 1. The number of piperidine rings is 1. The second kappa shape index (κ2) is 4.52. The maximum Gasteiger partial charge on any atom is 0.223 e. The summed E-state index contributed by atoms with van der Waals surface area (Å²) >= 11 is 0. The third-order valence-electron chi connectivity index (χ3n) is 3.25. The quantitative estimate of drug-likeness (QED) is 0.759. The smallest absolute Gasteiger partial charge is 0.223 e. The molecule has 1 amide bonds. The lowest BCUT2D eigenvalue weighted by Gasteiger charge is -2.46. The van der Waals surface area contributed by atoms with E-state index in [1.54, 1.807) is 0 Å². The van der Waals surface area contributed by atoms with E-state index in [9.17, 15) is 9.90 Å². The molecular formula is C12H23NO2. The largest absolute Gasteiger partial charge is 0.391 e. The third-order valence-corrected chi connectivity index (χ3v) is 3.25. The minimum absolute atomic E-state index is 0.175. The molecule has 3 nitrogen and oxygen atoms in total. The van der Waals surface area contributed by atoms with Crippen LogP contribution in [0.2, 0.25) is 0 Å². The summed E-state index contributed by atoms with van der Waals surface area (Å²) < 4.78 is 0. The highest BCUT2D eigenvalue weighted by molar-refractivity contribution is 5.77. The molecule has 1 heterocycles. The van der Waals surface area contributed by atoms with Crippen molar-refractivity contribution in [3.05, 3.63) is 0 Å². The predicted molar refractivity (Wildman–Crippen MR) is 60.5 cm³/mol. The molecule has 1 unspecified atom stereocenters. The molecule has 15 heavy (non-hydrogen) atoms. The number of likely N-dealkylation sites (tertiary alicyclic amines) is 1. The Hall–Kier alpha value is -0.570. The molecule has 3 heteroatoms. The van der Waals surface area contributed by atoms with Gasteiger partial charge in [0.1, 0.15) is 0 Å². The molecule has 88 valence electrons. The second-order valence-electron chi connectivity index (χ2n) is 5.46. The van der Waals surface area contributed by atoms with Gasteiger partial charge in [0, 0.05) is 13.0 Å². The van der Waals surface area contributed by atoms with E-state index in [2.05, 4.69) is 0 Å². The normalized spacial score (nSPS) is 25.7. The Bertz CT molecular complexity index is 236. The number of aliphatic hydroxyl groups excluding tert-OH is 1. The maximum absolute atomic E-state index is 12.0.